The predicted molar refractivity (Wildman–Crippen MR) is 119 cm³/mol. The molecule has 1 amide bonds. The minimum atomic E-state index is -3.60. The van der Waals surface area contributed by atoms with Gasteiger partial charge in [-0.2, -0.15) is 4.31 Å². The average molecular weight is 443 g/mol. The van der Waals surface area contributed by atoms with E-state index in [0.717, 1.165) is 31.4 Å². The largest absolute Gasteiger partial charge is 0.356 e. The van der Waals surface area contributed by atoms with E-state index >= 15 is 0 Å². The van der Waals surface area contributed by atoms with E-state index in [-0.39, 0.29) is 17.9 Å². The van der Waals surface area contributed by atoms with Crippen molar-refractivity contribution in [2.75, 3.05) is 26.2 Å². The lowest BCUT2D eigenvalue weighted by Crippen LogP contribution is -2.57. The van der Waals surface area contributed by atoms with Gasteiger partial charge in [-0.05, 0) is 49.6 Å². The summed E-state index contributed by atoms with van der Waals surface area (Å²) in [5.74, 6) is -0.183. The molecule has 2 aliphatic rings. The third-order valence-electron chi connectivity index (χ3n) is 6.26. The lowest BCUT2D eigenvalue weighted by Gasteiger charge is -2.43. The van der Waals surface area contributed by atoms with Gasteiger partial charge in [0.05, 0.1) is 10.8 Å². The number of amides is 1. The van der Waals surface area contributed by atoms with Crippen molar-refractivity contribution >= 4 is 15.9 Å². The van der Waals surface area contributed by atoms with Gasteiger partial charge in [0.15, 0.2) is 0 Å². The summed E-state index contributed by atoms with van der Waals surface area (Å²) in [6, 6.07) is 12.3. The van der Waals surface area contributed by atoms with E-state index in [1.165, 1.54) is 0 Å². The van der Waals surface area contributed by atoms with Crippen LogP contribution in [-0.4, -0.2) is 60.7 Å². The van der Waals surface area contributed by atoms with Crippen molar-refractivity contribution in [1.29, 1.82) is 0 Å². The van der Waals surface area contributed by atoms with E-state index in [4.69, 9.17) is 0 Å². The van der Waals surface area contributed by atoms with Gasteiger partial charge in [0.2, 0.25) is 15.9 Å². The minimum Gasteiger partial charge on any atom is -0.356 e. The van der Waals surface area contributed by atoms with Crippen LogP contribution in [0.3, 0.4) is 0 Å². The van der Waals surface area contributed by atoms with Crippen molar-refractivity contribution < 1.29 is 13.2 Å². The number of rotatable bonds is 4. The molecule has 0 spiro atoms. The number of sulfonamides is 1. The van der Waals surface area contributed by atoms with Gasteiger partial charge in [0, 0.05) is 44.6 Å². The highest BCUT2D eigenvalue weighted by Gasteiger charge is 2.41. The van der Waals surface area contributed by atoms with Crippen molar-refractivity contribution in [2.45, 2.75) is 43.2 Å². The zero-order chi connectivity index (χ0) is 21.7. The maximum atomic E-state index is 13.3. The maximum Gasteiger partial charge on any atom is 0.243 e. The monoisotopic (exact) mass is 442 g/mol. The van der Waals surface area contributed by atoms with Gasteiger partial charge in [-0.25, -0.2) is 8.42 Å². The molecule has 0 bridgehead atoms. The van der Waals surface area contributed by atoms with Crippen molar-refractivity contribution in [3.8, 4) is 0 Å². The minimum absolute atomic E-state index is 0.0415. The fraction of sp³-hybridized carbons (Fsp3) is 0.478. The van der Waals surface area contributed by atoms with Crippen LogP contribution >= 0.6 is 0 Å². The third-order valence-corrected chi connectivity index (χ3v) is 8.14. The molecule has 1 aromatic carbocycles. The topological polar surface area (TPSA) is 82.6 Å². The molecule has 31 heavy (non-hydrogen) atoms. The molecular formula is C23H30N4O3S. The Kier molecular flexibility index (Phi) is 6.99. The fourth-order valence-corrected chi connectivity index (χ4v) is 6.08. The standard InChI is InChI=1S/C23H30N4O3S/c28-23-21-11-15-27(31(29,30)20-9-3-1-4-10-20)18-22(21)26(14-6-2-5-13-25-23)17-19-8-7-12-24-16-19/h1,3-4,7-10,12,16,21-22H,2,5-6,11,13-15,17-18H2,(H,25,28)/t21-,22-/m1/s1. The fourth-order valence-electron chi connectivity index (χ4n) is 4.59. The van der Waals surface area contributed by atoms with Gasteiger partial charge in [-0.15, -0.1) is 0 Å². The van der Waals surface area contributed by atoms with E-state index in [0.29, 0.717) is 37.5 Å². The second kappa shape index (κ2) is 9.89. The Morgan fingerprint density at radius 1 is 1.03 bits per heavy atom. The molecule has 2 aliphatic heterocycles. The molecule has 3 heterocycles. The average Bonchev–Trinajstić information content (AvgIpc) is 2.81. The Morgan fingerprint density at radius 2 is 1.87 bits per heavy atom. The summed E-state index contributed by atoms with van der Waals surface area (Å²) in [6.07, 6.45) is 7.13. The van der Waals surface area contributed by atoms with E-state index in [9.17, 15) is 13.2 Å². The van der Waals surface area contributed by atoms with Gasteiger partial charge < -0.3 is 5.32 Å². The SMILES string of the molecule is O=C1NCCCCCN(Cc2cccnc2)[C@@H]2CN(S(=O)(=O)c3ccccc3)CC[C@@H]12. The van der Waals surface area contributed by atoms with Crippen LogP contribution in [0.1, 0.15) is 31.2 Å². The first-order valence-corrected chi connectivity index (χ1v) is 12.5. The van der Waals surface area contributed by atoms with E-state index in [1.807, 2.05) is 24.4 Å². The highest BCUT2D eigenvalue weighted by atomic mass is 32.2. The Labute approximate surface area is 184 Å². The number of hydrogen-bond donors (Lipinski definition) is 1. The molecule has 2 saturated heterocycles. The number of benzene rings is 1. The molecule has 0 radical (unpaired) electrons. The summed E-state index contributed by atoms with van der Waals surface area (Å²) in [4.78, 5) is 19.8. The lowest BCUT2D eigenvalue weighted by molar-refractivity contribution is -0.129. The third kappa shape index (κ3) is 5.14. The predicted octanol–water partition coefficient (Wildman–Crippen LogP) is 2.26. The molecule has 2 fully saturated rings. The van der Waals surface area contributed by atoms with E-state index < -0.39 is 10.0 Å². The summed E-state index contributed by atoms with van der Waals surface area (Å²) in [5.41, 5.74) is 1.07. The Balaban J connectivity index is 1.63. The van der Waals surface area contributed by atoms with Crippen molar-refractivity contribution in [3.05, 3.63) is 60.4 Å². The number of nitrogens with one attached hydrogen (secondary N) is 1. The number of carbonyl (C=O) groups excluding carboxylic acids is 1. The van der Waals surface area contributed by atoms with Crippen LogP contribution in [0.15, 0.2) is 59.8 Å². The second-order valence-corrected chi connectivity index (χ2v) is 10.3. The molecule has 0 aliphatic carbocycles. The number of fused-ring (bicyclic) bond motifs is 1. The van der Waals surface area contributed by atoms with Crippen LogP contribution in [-0.2, 0) is 21.4 Å². The number of nitrogens with zero attached hydrogens (tertiary/aromatic N) is 3. The molecule has 166 valence electrons. The number of pyridine rings is 1. The molecule has 8 heteroatoms. The normalized spacial score (nSPS) is 24.2. The molecule has 1 N–H and O–H groups in total. The van der Waals surface area contributed by atoms with Gasteiger partial charge in [-0.3, -0.25) is 14.7 Å². The smallest absolute Gasteiger partial charge is 0.243 e. The van der Waals surface area contributed by atoms with Crippen LogP contribution in [0.4, 0.5) is 0 Å². The van der Waals surface area contributed by atoms with Crippen LogP contribution < -0.4 is 5.32 Å². The highest BCUT2D eigenvalue weighted by Crippen LogP contribution is 2.29. The first-order valence-electron chi connectivity index (χ1n) is 11.0. The Morgan fingerprint density at radius 3 is 2.65 bits per heavy atom. The van der Waals surface area contributed by atoms with Gasteiger partial charge >= 0.3 is 0 Å². The highest BCUT2D eigenvalue weighted by molar-refractivity contribution is 7.89. The first-order chi connectivity index (χ1) is 15.1. The Bertz CT molecular complexity index is 969. The van der Waals surface area contributed by atoms with Crippen LogP contribution in [0.5, 0.6) is 0 Å². The van der Waals surface area contributed by atoms with Gasteiger partial charge in [-0.1, -0.05) is 30.7 Å². The van der Waals surface area contributed by atoms with Crippen molar-refractivity contribution in [2.24, 2.45) is 5.92 Å². The van der Waals surface area contributed by atoms with Gasteiger partial charge in [0.25, 0.3) is 0 Å². The number of aromatic nitrogens is 1. The molecule has 0 saturated carbocycles. The number of piperidine rings is 1. The van der Waals surface area contributed by atoms with Crippen molar-refractivity contribution in [1.82, 2.24) is 19.5 Å². The zero-order valence-corrected chi connectivity index (χ0v) is 18.5. The Hall–Kier alpha value is -2.29. The van der Waals surface area contributed by atoms with Gasteiger partial charge in [0.1, 0.15) is 0 Å². The van der Waals surface area contributed by atoms with Crippen LogP contribution in [0.25, 0.3) is 0 Å². The summed E-state index contributed by atoms with van der Waals surface area (Å²) in [6.45, 7) is 2.85. The second-order valence-electron chi connectivity index (χ2n) is 8.32. The van der Waals surface area contributed by atoms with E-state index in [2.05, 4.69) is 15.2 Å². The number of carbonyl (C=O) groups is 1. The summed E-state index contributed by atoms with van der Waals surface area (Å²) in [5, 5.41) is 3.08. The molecule has 7 nitrogen and oxygen atoms in total. The van der Waals surface area contributed by atoms with Crippen molar-refractivity contribution in [3.63, 3.8) is 0 Å². The van der Waals surface area contributed by atoms with E-state index in [1.54, 1.807) is 34.8 Å². The first kappa shape index (κ1) is 21.9. The summed E-state index contributed by atoms with van der Waals surface area (Å²) >= 11 is 0. The summed E-state index contributed by atoms with van der Waals surface area (Å²) < 4.78 is 28.1. The molecule has 4 rings (SSSR count). The molecule has 1 aromatic heterocycles. The molecule has 2 atom stereocenters. The number of hydrogen-bond acceptors (Lipinski definition) is 5. The quantitative estimate of drug-likeness (QED) is 0.785. The molecule has 0 unspecified atom stereocenters. The molecular weight excluding hydrogens is 412 g/mol. The van der Waals surface area contributed by atoms with Crippen LogP contribution in [0, 0.1) is 5.92 Å². The van der Waals surface area contributed by atoms with Crippen LogP contribution in [0.2, 0.25) is 0 Å². The zero-order valence-electron chi connectivity index (χ0n) is 17.7. The summed E-state index contributed by atoms with van der Waals surface area (Å²) in [7, 11) is -3.60. The molecule has 2 aromatic rings. The maximum absolute atomic E-state index is 13.3. The lowest BCUT2D eigenvalue weighted by atomic mass is 9.89.